The molecule has 0 bridgehead atoms. The molecule has 0 saturated heterocycles. The average molecular weight is 172 g/mol. The zero-order valence-electron chi connectivity index (χ0n) is 8.22. The van der Waals surface area contributed by atoms with Crippen LogP contribution < -0.4 is 0 Å². The topological polar surface area (TPSA) is 6.48 Å². The zero-order chi connectivity index (χ0) is 8.85. The van der Waals surface area contributed by atoms with Crippen molar-refractivity contribution in [3.8, 4) is 0 Å². The molecule has 0 saturated carbocycles. The smallest absolute Gasteiger partial charge is 0.146 e. The van der Waals surface area contributed by atoms with Gasteiger partial charge in [0.05, 0.1) is 0 Å². The summed E-state index contributed by atoms with van der Waals surface area (Å²) >= 11 is 0. The van der Waals surface area contributed by atoms with Crippen LogP contribution in [0.5, 0.6) is 0 Å². The maximum absolute atomic E-state index is 4.08. The first-order valence-electron chi connectivity index (χ1n) is 4.19. The van der Waals surface area contributed by atoms with Gasteiger partial charge in [0.25, 0.3) is 0 Å². The van der Waals surface area contributed by atoms with Crippen molar-refractivity contribution < 1.29 is 0 Å². The Morgan fingerprint density at radius 3 is 2.00 bits per heavy atom. The second kappa shape index (κ2) is 5.38. The van der Waals surface area contributed by atoms with E-state index in [1.165, 1.54) is 5.32 Å². The number of rotatable bonds is 5. The standard InChI is InChI=1S/C8H20N2Si/c1-6-10(7-2)8(3)11-9(4)5/h3,6-7,11H2,1-2,4-5H3. The first kappa shape index (κ1) is 10.7. The lowest BCUT2D eigenvalue weighted by molar-refractivity contribution is 0.401. The van der Waals surface area contributed by atoms with Crippen molar-refractivity contribution in [1.29, 1.82) is 0 Å². The highest BCUT2D eigenvalue weighted by Crippen LogP contribution is 1.98. The summed E-state index contributed by atoms with van der Waals surface area (Å²) in [5.74, 6) is 0. The molecule has 0 aromatic rings. The van der Waals surface area contributed by atoms with Gasteiger partial charge in [0.2, 0.25) is 0 Å². The lowest BCUT2D eigenvalue weighted by Gasteiger charge is -2.25. The van der Waals surface area contributed by atoms with E-state index in [-0.39, 0.29) is 9.68 Å². The molecule has 0 aromatic carbocycles. The average Bonchev–Trinajstić information content (AvgIpc) is 1.88. The van der Waals surface area contributed by atoms with Crippen LogP contribution in [-0.2, 0) is 0 Å². The van der Waals surface area contributed by atoms with E-state index in [4.69, 9.17) is 0 Å². The lowest BCUT2D eigenvalue weighted by Crippen LogP contribution is -2.31. The molecule has 0 N–H and O–H groups in total. The summed E-state index contributed by atoms with van der Waals surface area (Å²) in [6.07, 6.45) is 0. The molecule has 0 heterocycles. The quantitative estimate of drug-likeness (QED) is 0.556. The molecule has 0 aliphatic heterocycles. The van der Waals surface area contributed by atoms with Gasteiger partial charge in [-0.25, -0.2) is 0 Å². The Kier molecular flexibility index (Phi) is 5.24. The minimum absolute atomic E-state index is 0.234. The van der Waals surface area contributed by atoms with E-state index >= 15 is 0 Å². The maximum atomic E-state index is 4.08. The third-order valence-electron chi connectivity index (χ3n) is 1.71. The predicted octanol–water partition coefficient (Wildman–Crippen LogP) is 0.445. The fourth-order valence-electron chi connectivity index (χ4n) is 1.14. The van der Waals surface area contributed by atoms with Gasteiger partial charge in [0, 0.05) is 18.4 Å². The maximum Gasteiger partial charge on any atom is 0.146 e. The molecule has 0 aliphatic rings. The number of nitrogens with zero attached hydrogens (tertiary/aromatic N) is 2. The highest BCUT2D eigenvalue weighted by atomic mass is 28.2. The van der Waals surface area contributed by atoms with E-state index in [1.807, 2.05) is 0 Å². The molecule has 0 amide bonds. The summed E-state index contributed by atoms with van der Waals surface area (Å²) in [5.41, 5.74) is 0. The van der Waals surface area contributed by atoms with Crippen LogP contribution in [0.15, 0.2) is 11.9 Å². The Bertz CT molecular complexity index is 119. The van der Waals surface area contributed by atoms with Crippen molar-refractivity contribution in [3.63, 3.8) is 0 Å². The summed E-state index contributed by atoms with van der Waals surface area (Å²) in [4.78, 5) is 2.34. The SMILES string of the molecule is C=C([SiH2]N(C)C)N(CC)CC. The van der Waals surface area contributed by atoms with Crippen molar-refractivity contribution in [2.75, 3.05) is 27.2 Å². The van der Waals surface area contributed by atoms with Gasteiger partial charge >= 0.3 is 0 Å². The molecule has 0 fully saturated rings. The van der Waals surface area contributed by atoms with Gasteiger partial charge in [-0.1, -0.05) is 6.58 Å². The molecule has 11 heavy (non-hydrogen) atoms. The summed E-state index contributed by atoms with van der Waals surface area (Å²) in [7, 11) is 4.02. The zero-order valence-corrected chi connectivity index (χ0v) is 9.64. The van der Waals surface area contributed by atoms with Gasteiger partial charge in [0.1, 0.15) is 9.68 Å². The van der Waals surface area contributed by atoms with E-state index in [2.05, 4.69) is 44.0 Å². The molecular formula is C8H20N2Si. The molecule has 2 nitrogen and oxygen atoms in total. The summed E-state index contributed by atoms with van der Waals surface area (Å²) in [6, 6.07) is 0. The molecule has 66 valence electrons. The van der Waals surface area contributed by atoms with Crippen molar-refractivity contribution in [1.82, 2.24) is 9.47 Å². The molecule has 0 aromatic heterocycles. The molecule has 0 spiro atoms. The molecule has 3 heteroatoms. The molecular weight excluding hydrogens is 152 g/mol. The van der Waals surface area contributed by atoms with E-state index in [0.29, 0.717) is 0 Å². The van der Waals surface area contributed by atoms with Crippen LogP contribution in [0.2, 0.25) is 0 Å². The van der Waals surface area contributed by atoms with E-state index in [9.17, 15) is 0 Å². The van der Waals surface area contributed by atoms with Crippen LogP contribution in [0, 0.1) is 0 Å². The fraction of sp³-hybridized carbons (Fsp3) is 0.750. The summed E-state index contributed by atoms with van der Waals surface area (Å²) in [5, 5.41) is 1.35. The van der Waals surface area contributed by atoms with Gasteiger partial charge < -0.3 is 9.47 Å². The van der Waals surface area contributed by atoms with Gasteiger partial charge in [0.15, 0.2) is 0 Å². The van der Waals surface area contributed by atoms with Gasteiger partial charge in [-0.05, 0) is 27.9 Å². The highest BCUT2D eigenvalue weighted by molar-refractivity contribution is 6.41. The fourth-order valence-corrected chi connectivity index (χ4v) is 2.51. The van der Waals surface area contributed by atoms with Crippen molar-refractivity contribution in [2.45, 2.75) is 13.8 Å². The van der Waals surface area contributed by atoms with Crippen LogP contribution in [-0.4, -0.2) is 46.3 Å². The van der Waals surface area contributed by atoms with Crippen LogP contribution in [0.3, 0.4) is 0 Å². The monoisotopic (exact) mass is 172 g/mol. The Hall–Kier alpha value is -0.283. The van der Waals surface area contributed by atoms with E-state index in [1.54, 1.807) is 0 Å². The second-order valence-electron chi connectivity index (χ2n) is 2.98. The third-order valence-corrected chi connectivity index (χ3v) is 3.15. The first-order chi connectivity index (χ1) is 5.11. The van der Waals surface area contributed by atoms with Crippen LogP contribution in [0.25, 0.3) is 0 Å². The largest absolute Gasteiger partial charge is 0.379 e. The normalized spacial score (nSPS) is 11.4. The van der Waals surface area contributed by atoms with Crippen LogP contribution in [0.1, 0.15) is 13.8 Å². The Labute approximate surface area is 72.8 Å². The third kappa shape index (κ3) is 4.21. The first-order valence-corrected chi connectivity index (χ1v) is 5.53. The number of hydrogen-bond donors (Lipinski definition) is 0. The second-order valence-corrected chi connectivity index (χ2v) is 5.37. The van der Waals surface area contributed by atoms with Crippen LogP contribution >= 0.6 is 0 Å². The Morgan fingerprint density at radius 1 is 1.27 bits per heavy atom. The summed E-state index contributed by atoms with van der Waals surface area (Å²) < 4.78 is 2.28. The minimum atomic E-state index is -0.234. The Balaban J connectivity index is 3.79. The molecule has 0 radical (unpaired) electrons. The Morgan fingerprint density at radius 2 is 1.73 bits per heavy atom. The van der Waals surface area contributed by atoms with Crippen molar-refractivity contribution in [3.05, 3.63) is 11.9 Å². The van der Waals surface area contributed by atoms with Gasteiger partial charge in [-0.15, -0.1) is 0 Å². The highest BCUT2D eigenvalue weighted by Gasteiger charge is 2.03. The summed E-state index contributed by atoms with van der Waals surface area (Å²) in [6.45, 7) is 10.6. The lowest BCUT2D eigenvalue weighted by atomic mass is 10.5. The molecule has 0 atom stereocenters. The minimum Gasteiger partial charge on any atom is -0.379 e. The van der Waals surface area contributed by atoms with Crippen LogP contribution in [0.4, 0.5) is 0 Å². The van der Waals surface area contributed by atoms with Gasteiger partial charge in [-0.3, -0.25) is 0 Å². The number of hydrogen-bond acceptors (Lipinski definition) is 2. The predicted molar refractivity (Wildman–Crippen MR) is 54.3 cm³/mol. The van der Waals surface area contributed by atoms with Crippen molar-refractivity contribution >= 4 is 9.68 Å². The molecule has 0 aliphatic carbocycles. The van der Waals surface area contributed by atoms with Gasteiger partial charge in [-0.2, -0.15) is 0 Å². The van der Waals surface area contributed by atoms with E-state index in [0.717, 1.165) is 13.1 Å². The molecule has 0 rings (SSSR count). The van der Waals surface area contributed by atoms with Crippen molar-refractivity contribution in [2.24, 2.45) is 0 Å². The van der Waals surface area contributed by atoms with E-state index < -0.39 is 0 Å². The molecule has 0 unspecified atom stereocenters.